The molecule has 0 amide bonds. The summed E-state index contributed by atoms with van der Waals surface area (Å²) in [6, 6.07) is 10.1. The zero-order chi connectivity index (χ0) is 19.3. The molecule has 2 bridgehead atoms. The number of esters is 1. The lowest BCUT2D eigenvalue weighted by Gasteiger charge is -2.41. The number of hydrogen-bond donors (Lipinski definition) is 1. The summed E-state index contributed by atoms with van der Waals surface area (Å²) in [5.74, 6) is -0.123. The maximum Gasteiger partial charge on any atom is 0.310 e. The van der Waals surface area contributed by atoms with Crippen molar-refractivity contribution in [3.63, 3.8) is 0 Å². The Bertz CT molecular complexity index is 646. The highest BCUT2D eigenvalue weighted by molar-refractivity contribution is 5.96. The van der Waals surface area contributed by atoms with Gasteiger partial charge in [0.15, 0.2) is 5.78 Å². The molecule has 2 aliphatic heterocycles. The average molecular weight is 364 g/mol. The molecule has 142 valence electrons. The van der Waals surface area contributed by atoms with Gasteiger partial charge < -0.3 is 9.94 Å². The fourth-order valence-corrected chi connectivity index (χ4v) is 4.24. The van der Waals surface area contributed by atoms with E-state index in [0.717, 1.165) is 24.8 Å². The van der Waals surface area contributed by atoms with Crippen LogP contribution in [0.3, 0.4) is 0 Å². The maximum atomic E-state index is 12.5. The molecule has 2 saturated heterocycles. The van der Waals surface area contributed by atoms with Crippen molar-refractivity contribution in [1.82, 2.24) is 4.90 Å². The molecule has 0 aliphatic carbocycles. The number of carbonyl (C=O) groups is 2. The molecule has 0 spiro atoms. The van der Waals surface area contributed by atoms with Gasteiger partial charge >= 0.3 is 5.97 Å². The fraction of sp³-hybridized carbons (Fsp3) is 0.556. The number of benzene rings is 1. The minimum absolute atomic E-state index is 0.0915. The number of rotatable bonds is 4. The van der Waals surface area contributed by atoms with E-state index in [1.807, 2.05) is 30.3 Å². The Kier molecular flexibility index (Phi) is 6.68. The maximum absolute atomic E-state index is 12.5. The highest BCUT2D eigenvalue weighted by Gasteiger charge is 2.49. The van der Waals surface area contributed by atoms with Crippen molar-refractivity contribution < 1.29 is 24.6 Å². The first-order valence-electron chi connectivity index (χ1n) is 8.56. The van der Waals surface area contributed by atoms with Crippen molar-refractivity contribution in [2.45, 2.75) is 37.8 Å². The molecule has 1 aromatic rings. The number of nitrogens with zero attached hydrogens (tertiary/aromatic N) is 2. The Morgan fingerprint density at radius 3 is 2.50 bits per heavy atom. The van der Waals surface area contributed by atoms with Gasteiger partial charge in [0.1, 0.15) is 0 Å². The van der Waals surface area contributed by atoms with Crippen LogP contribution >= 0.6 is 0 Å². The predicted molar refractivity (Wildman–Crippen MR) is 92.4 cm³/mol. The summed E-state index contributed by atoms with van der Waals surface area (Å²) in [5.41, 5.74) is 0.734. The van der Waals surface area contributed by atoms with Crippen molar-refractivity contribution >= 4 is 11.8 Å². The summed E-state index contributed by atoms with van der Waals surface area (Å²) in [7, 11) is 3.53. The monoisotopic (exact) mass is 364 g/mol. The van der Waals surface area contributed by atoms with Crippen molar-refractivity contribution in [3.05, 3.63) is 46.0 Å². The van der Waals surface area contributed by atoms with E-state index >= 15 is 0 Å². The van der Waals surface area contributed by atoms with Crippen LogP contribution in [0.1, 0.15) is 36.0 Å². The Hall–Kier alpha value is -2.48. The van der Waals surface area contributed by atoms with Crippen LogP contribution in [-0.2, 0) is 9.53 Å². The molecule has 3 rings (SSSR count). The minimum Gasteiger partial charge on any atom is -0.469 e. The summed E-state index contributed by atoms with van der Waals surface area (Å²) in [5, 5.41) is 13.6. The van der Waals surface area contributed by atoms with Gasteiger partial charge in [-0.05, 0) is 32.2 Å². The van der Waals surface area contributed by atoms with Gasteiger partial charge in [0.2, 0.25) is 0 Å². The molecule has 1 N–H and O–H groups in total. The Labute approximate surface area is 151 Å². The molecule has 2 fully saturated rings. The lowest BCUT2D eigenvalue weighted by Crippen LogP contribution is -2.50. The number of ether oxygens (including phenoxy) is 1. The Morgan fingerprint density at radius 2 is 1.92 bits per heavy atom. The van der Waals surface area contributed by atoms with Crippen molar-refractivity contribution in [3.8, 4) is 0 Å². The molecule has 4 atom stereocenters. The highest BCUT2D eigenvalue weighted by atomic mass is 16.9. The van der Waals surface area contributed by atoms with E-state index in [1.54, 1.807) is 0 Å². The number of piperidine rings is 1. The van der Waals surface area contributed by atoms with Gasteiger partial charge in [-0.3, -0.25) is 14.5 Å². The molecular weight excluding hydrogens is 340 g/mol. The van der Waals surface area contributed by atoms with Gasteiger partial charge in [-0.1, -0.05) is 30.3 Å². The van der Waals surface area contributed by atoms with Gasteiger partial charge in [0.25, 0.3) is 5.09 Å². The van der Waals surface area contributed by atoms with E-state index in [-0.39, 0.29) is 29.6 Å². The molecule has 8 heteroatoms. The van der Waals surface area contributed by atoms with Crippen LogP contribution in [0.5, 0.6) is 0 Å². The van der Waals surface area contributed by atoms with Crippen LogP contribution in [0.15, 0.2) is 30.3 Å². The van der Waals surface area contributed by atoms with Gasteiger partial charge in [-0.2, -0.15) is 0 Å². The molecule has 0 radical (unpaired) electrons. The predicted octanol–water partition coefficient (Wildman–Crippen LogP) is 2.18. The highest BCUT2D eigenvalue weighted by Crippen LogP contribution is 2.43. The molecule has 1 aromatic carbocycles. The van der Waals surface area contributed by atoms with Gasteiger partial charge in [0.05, 0.1) is 13.0 Å². The summed E-state index contributed by atoms with van der Waals surface area (Å²) in [4.78, 5) is 35.5. The van der Waals surface area contributed by atoms with E-state index in [1.165, 1.54) is 7.11 Å². The van der Waals surface area contributed by atoms with Crippen LogP contribution in [0.4, 0.5) is 0 Å². The van der Waals surface area contributed by atoms with Crippen LogP contribution in [0, 0.1) is 22.0 Å². The SMILES string of the molecule is COC(=O)[C@H]1[C@@H](CC(=O)c2ccccc2)C[C@H]2CC[C@@H]1N2C.O=[N+]([O-])O. The molecule has 26 heavy (non-hydrogen) atoms. The van der Waals surface area contributed by atoms with Crippen molar-refractivity contribution in [2.75, 3.05) is 14.2 Å². The largest absolute Gasteiger partial charge is 0.469 e. The van der Waals surface area contributed by atoms with E-state index in [0.29, 0.717) is 12.5 Å². The summed E-state index contributed by atoms with van der Waals surface area (Å²) < 4.78 is 5.03. The van der Waals surface area contributed by atoms with E-state index in [9.17, 15) is 9.59 Å². The summed E-state index contributed by atoms with van der Waals surface area (Å²) in [6.45, 7) is 0. The summed E-state index contributed by atoms with van der Waals surface area (Å²) >= 11 is 0. The fourth-order valence-electron chi connectivity index (χ4n) is 4.24. The van der Waals surface area contributed by atoms with Gasteiger partial charge in [-0.15, -0.1) is 10.1 Å². The number of carbonyl (C=O) groups excluding carboxylic acids is 2. The van der Waals surface area contributed by atoms with Gasteiger partial charge in [0, 0.05) is 24.1 Å². The third-order valence-corrected chi connectivity index (χ3v) is 5.41. The van der Waals surface area contributed by atoms with Crippen molar-refractivity contribution in [2.24, 2.45) is 11.8 Å². The second-order valence-corrected chi connectivity index (χ2v) is 6.74. The Balaban J connectivity index is 0.000000552. The number of Topliss-reactive ketones (excluding diaryl/α,β-unsaturated/α-hetero) is 1. The van der Waals surface area contributed by atoms with Crippen molar-refractivity contribution in [1.29, 1.82) is 0 Å². The molecule has 8 nitrogen and oxygen atoms in total. The zero-order valence-corrected chi connectivity index (χ0v) is 14.9. The number of fused-ring (bicyclic) bond motifs is 2. The minimum atomic E-state index is -1.50. The Morgan fingerprint density at radius 1 is 1.31 bits per heavy atom. The molecular formula is C18H24N2O6. The number of ketones is 1. The van der Waals surface area contributed by atoms with Crippen LogP contribution in [-0.4, -0.2) is 53.2 Å². The van der Waals surface area contributed by atoms with Crippen LogP contribution in [0.2, 0.25) is 0 Å². The quantitative estimate of drug-likeness (QED) is 0.377. The number of methoxy groups -OCH3 is 1. The smallest absolute Gasteiger partial charge is 0.310 e. The average Bonchev–Trinajstić information content (AvgIpc) is 2.85. The van der Waals surface area contributed by atoms with E-state index in [4.69, 9.17) is 20.1 Å². The second-order valence-electron chi connectivity index (χ2n) is 6.74. The first kappa shape index (κ1) is 19.8. The third-order valence-electron chi connectivity index (χ3n) is 5.41. The zero-order valence-electron chi connectivity index (χ0n) is 14.9. The number of hydrogen-bond acceptors (Lipinski definition) is 6. The van der Waals surface area contributed by atoms with E-state index in [2.05, 4.69) is 11.9 Å². The van der Waals surface area contributed by atoms with E-state index < -0.39 is 5.09 Å². The van der Waals surface area contributed by atoms with Gasteiger partial charge in [-0.25, -0.2) is 0 Å². The molecule has 2 aliphatic rings. The van der Waals surface area contributed by atoms with Crippen LogP contribution < -0.4 is 0 Å². The standard InChI is InChI=1S/C18H23NO3.HNO3/c1-19-14-8-9-15(19)17(18(21)22-2)13(10-14)11-16(20)12-6-4-3-5-7-12;2-1(3)4/h3-7,13-15,17H,8-11H2,1-2H3;(H,2,3,4)/t13-,14-,15+,17+;/m1./s1. The lowest BCUT2D eigenvalue weighted by molar-refractivity contribution is -0.742. The first-order valence-corrected chi connectivity index (χ1v) is 8.56. The molecule has 2 heterocycles. The molecule has 0 saturated carbocycles. The molecule has 0 unspecified atom stereocenters. The molecule has 0 aromatic heterocycles. The second kappa shape index (κ2) is 8.75. The third kappa shape index (κ3) is 4.57. The lowest BCUT2D eigenvalue weighted by atomic mass is 9.77. The normalized spacial score (nSPS) is 27.2. The van der Waals surface area contributed by atoms with Crippen LogP contribution in [0.25, 0.3) is 0 Å². The summed E-state index contributed by atoms with van der Waals surface area (Å²) in [6.07, 6.45) is 3.48. The first-order chi connectivity index (χ1) is 12.3. The topological polar surface area (TPSA) is 110 Å².